The van der Waals surface area contributed by atoms with Crippen molar-refractivity contribution in [2.24, 2.45) is 5.73 Å². The number of rotatable bonds is 2. The molecule has 1 unspecified atom stereocenters. The molecule has 2 N–H and O–H groups in total. The summed E-state index contributed by atoms with van der Waals surface area (Å²) in [6.45, 7) is 6.45. The van der Waals surface area contributed by atoms with Gasteiger partial charge in [0.2, 0.25) is 0 Å². The molecule has 1 atom stereocenters. The van der Waals surface area contributed by atoms with Crippen molar-refractivity contribution in [3.63, 3.8) is 0 Å². The Balaban J connectivity index is 2.42. The first-order valence-electron chi connectivity index (χ1n) is 5.39. The third-order valence-electron chi connectivity index (χ3n) is 3.46. The molecule has 76 valence electrons. The lowest BCUT2D eigenvalue weighted by Crippen LogP contribution is -2.31. The van der Waals surface area contributed by atoms with Gasteiger partial charge in [-0.1, -0.05) is 29.3 Å². The fraction of sp³-hybridized carbons (Fsp3) is 0.538. The van der Waals surface area contributed by atoms with Gasteiger partial charge in [-0.2, -0.15) is 0 Å². The predicted octanol–water partition coefficient (Wildman–Crippen LogP) is 2.68. The fourth-order valence-corrected chi connectivity index (χ4v) is 2.40. The topological polar surface area (TPSA) is 26.0 Å². The van der Waals surface area contributed by atoms with Gasteiger partial charge < -0.3 is 5.73 Å². The van der Waals surface area contributed by atoms with Crippen LogP contribution in [0.5, 0.6) is 0 Å². The van der Waals surface area contributed by atoms with Gasteiger partial charge in [-0.05, 0) is 39.2 Å². The molecule has 0 radical (unpaired) electrons. The zero-order valence-corrected chi connectivity index (χ0v) is 9.30. The van der Waals surface area contributed by atoms with Crippen LogP contribution < -0.4 is 5.73 Å². The lowest BCUT2D eigenvalue weighted by molar-refractivity contribution is 0.556. The van der Waals surface area contributed by atoms with Gasteiger partial charge in [-0.3, -0.25) is 0 Å². The van der Waals surface area contributed by atoms with Crippen LogP contribution in [0.1, 0.15) is 36.5 Å². The molecular formula is C13H19N. The average molecular weight is 189 g/mol. The molecule has 1 aliphatic rings. The molecule has 0 bridgehead atoms. The van der Waals surface area contributed by atoms with Crippen molar-refractivity contribution < 1.29 is 0 Å². The van der Waals surface area contributed by atoms with Crippen LogP contribution in [-0.4, -0.2) is 6.04 Å². The number of aryl methyl sites for hydroxylation is 2. The van der Waals surface area contributed by atoms with E-state index in [0.717, 1.165) is 0 Å². The van der Waals surface area contributed by atoms with Gasteiger partial charge in [-0.25, -0.2) is 0 Å². The maximum atomic E-state index is 6.06. The van der Waals surface area contributed by atoms with Crippen molar-refractivity contribution >= 4 is 0 Å². The van der Waals surface area contributed by atoms with E-state index in [2.05, 4.69) is 39.0 Å². The van der Waals surface area contributed by atoms with Gasteiger partial charge in [0.05, 0.1) is 0 Å². The minimum atomic E-state index is 0.281. The maximum absolute atomic E-state index is 6.06. The summed E-state index contributed by atoms with van der Waals surface area (Å²) in [5.74, 6) is 0. The van der Waals surface area contributed by atoms with Gasteiger partial charge in [0, 0.05) is 11.5 Å². The lowest BCUT2D eigenvalue weighted by atomic mass is 9.87. The zero-order chi connectivity index (χ0) is 10.3. The first-order chi connectivity index (χ1) is 6.54. The van der Waals surface area contributed by atoms with E-state index in [-0.39, 0.29) is 6.04 Å². The average Bonchev–Trinajstić information content (AvgIpc) is 2.81. The van der Waals surface area contributed by atoms with Crippen molar-refractivity contribution in [3.05, 3.63) is 34.9 Å². The van der Waals surface area contributed by atoms with Gasteiger partial charge in [0.25, 0.3) is 0 Å². The molecule has 0 aromatic heterocycles. The van der Waals surface area contributed by atoms with Crippen molar-refractivity contribution in [3.8, 4) is 0 Å². The van der Waals surface area contributed by atoms with Gasteiger partial charge in [0.1, 0.15) is 0 Å². The summed E-state index contributed by atoms with van der Waals surface area (Å²) >= 11 is 0. The highest BCUT2D eigenvalue weighted by Gasteiger charge is 2.47. The first kappa shape index (κ1) is 9.72. The van der Waals surface area contributed by atoms with Crippen molar-refractivity contribution in [2.75, 3.05) is 0 Å². The van der Waals surface area contributed by atoms with E-state index in [0.29, 0.717) is 5.41 Å². The standard InChI is InChI=1S/C13H19N/c1-9-6-10(2)8-12(7-9)13(4-5-13)11(3)14/h6-8,11H,4-5,14H2,1-3H3. The fourth-order valence-electron chi connectivity index (χ4n) is 2.40. The molecule has 1 heteroatoms. The Morgan fingerprint density at radius 1 is 1.14 bits per heavy atom. The number of benzene rings is 1. The van der Waals surface area contributed by atoms with Crippen LogP contribution in [0.4, 0.5) is 0 Å². The number of hydrogen-bond acceptors (Lipinski definition) is 1. The summed E-state index contributed by atoms with van der Waals surface area (Å²) < 4.78 is 0. The number of hydrogen-bond donors (Lipinski definition) is 1. The second-order valence-electron chi connectivity index (χ2n) is 4.82. The van der Waals surface area contributed by atoms with Crippen LogP contribution in [-0.2, 0) is 5.41 Å². The second kappa shape index (κ2) is 3.09. The molecule has 0 saturated heterocycles. The molecular weight excluding hydrogens is 170 g/mol. The van der Waals surface area contributed by atoms with Gasteiger partial charge in [-0.15, -0.1) is 0 Å². The molecule has 2 rings (SSSR count). The third kappa shape index (κ3) is 1.46. The molecule has 1 aromatic rings. The molecule has 14 heavy (non-hydrogen) atoms. The molecule has 0 aliphatic heterocycles. The Labute approximate surface area is 86.3 Å². The summed E-state index contributed by atoms with van der Waals surface area (Å²) in [6, 6.07) is 7.09. The van der Waals surface area contributed by atoms with E-state index in [1.165, 1.54) is 29.5 Å². The van der Waals surface area contributed by atoms with E-state index in [9.17, 15) is 0 Å². The van der Waals surface area contributed by atoms with Crippen LogP contribution in [0, 0.1) is 13.8 Å². The second-order valence-corrected chi connectivity index (χ2v) is 4.82. The van der Waals surface area contributed by atoms with Crippen LogP contribution in [0.15, 0.2) is 18.2 Å². The van der Waals surface area contributed by atoms with Crippen LogP contribution in [0.25, 0.3) is 0 Å². The molecule has 0 spiro atoms. The third-order valence-corrected chi connectivity index (χ3v) is 3.46. The summed E-state index contributed by atoms with van der Waals surface area (Å²) in [4.78, 5) is 0. The summed E-state index contributed by atoms with van der Waals surface area (Å²) in [6.07, 6.45) is 2.52. The Bertz CT molecular complexity index is 328. The minimum Gasteiger partial charge on any atom is -0.327 e. The van der Waals surface area contributed by atoms with E-state index in [1.807, 2.05) is 0 Å². The molecule has 1 nitrogen and oxygen atoms in total. The Morgan fingerprint density at radius 2 is 1.64 bits per heavy atom. The maximum Gasteiger partial charge on any atom is 0.0108 e. The van der Waals surface area contributed by atoms with Gasteiger partial charge >= 0.3 is 0 Å². The normalized spacial score (nSPS) is 20.6. The smallest absolute Gasteiger partial charge is 0.0108 e. The Kier molecular flexibility index (Phi) is 2.15. The van der Waals surface area contributed by atoms with E-state index in [4.69, 9.17) is 5.73 Å². The van der Waals surface area contributed by atoms with E-state index >= 15 is 0 Å². The largest absolute Gasteiger partial charge is 0.327 e. The lowest BCUT2D eigenvalue weighted by Gasteiger charge is -2.21. The Hall–Kier alpha value is -0.820. The summed E-state index contributed by atoms with van der Waals surface area (Å²) in [5.41, 5.74) is 10.5. The highest BCUT2D eigenvalue weighted by Crippen LogP contribution is 2.50. The monoisotopic (exact) mass is 189 g/mol. The van der Waals surface area contributed by atoms with Gasteiger partial charge in [0.15, 0.2) is 0 Å². The molecule has 1 saturated carbocycles. The summed E-state index contributed by atoms with van der Waals surface area (Å²) in [7, 11) is 0. The Morgan fingerprint density at radius 3 is 2.00 bits per heavy atom. The van der Waals surface area contributed by atoms with Crippen molar-refractivity contribution in [1.29, 1.82) is 0 Å². The summed E-state index contributed by atoms with van der Waals surface area (Å²) in [5, 5.41) is 0. The molecule has 1 aliphatic carbocycles. The minimum absolute atomic E-state index is 0.281. The predicted molar refractivity (Wildman–Crippen MR) is 60.5 cm³/mol. The van der Waals surface area contributed by atoms with Crippen LogP contribution in [0.2, 0.25) is 0 Å². The highest BCUT2D eigenvalue weighted by atomic mass is 14.7. The van der Waals surface area contributed by atoms with Crippen LogP contribution >= 0.6 is 0 Å². The van der Waals surface area contributed by atoms with Crippen LogP contribution in [0.3, 0.4) is 0 Å². The zero-order valence-electron chi connectivity index (χ0n) is 9.30. The number of nitrogens with two attached hydrogens (primary N) is 1. The van der Waals surface area contributed by atoms with Crippen molar-refractivity contribution in [1.82, 2.24) is 0 Å². The quantitative estimate of drug-likeness (QED) is 0.760. The highest BCUT2D eigenvalue weighted by molar-refractivity contribution is 5.39. The van der Waals surface area contributed by atoms with E-state index in [1.54, 1.807) is 0 Å². The SMILES string of the molecule is Cc1cc(C)cc(C2(C(C)N)CC2)c1. The molecule has 1 aromatic carbocycles. The molecule has 1 fully saturated rings. The van der Waals surface area contributed by atoms with Crippen molar-refractivity contribution in [2.45, 2.75) is 45.1 Å². The molecule has 0 amide bonds. The first-order valence-corrected chi connectivity index (χ1v) is 5.39. The van der Waals surface area contributed by atoms with E-state index < -0.39 is 0 Å². The molecule has 0 heterocycles.